The van der Waals surface area contributed by atoms with Gasteiger partial charge in [0.2, 0.25) is 5.78 Å². The van der Waals surface area contributed by atoms with Crippen LogP contribution >= 0.6 is 0 Å². The molecule has 0 unspecified atom stereocenters. The minimum Gasteiger partial charge on any atom is -0.497 e. The lowest BCUT2D eigenvalue weighted by Crippen LogP contribution is -1.95. The Kier molecular flexibility index (Phi) is 4.00. The molecule has 0 aliphatic heterocycles. The molecule has 2 rings (SSSR count). The number of rotatable bonds is 2. The van der Waals surface area contributed by atoms with Crippen LogP contribution in [0.2, 0.25) is 0 Å². The van der Waals surface area contributed by atoms with Gasteiger partial charge in [0, 0.05) is 11.1 Å². The lowest BCUT2D eigenvalue weighted by atomic mass is 10.1. The number of Topliss-reactive ketones (excluding diaryl/α,β-unsaturated/α-hetero) is 1. The van der Waals surface area contributed by atoms with E-state index in [0.29, 0.717) is 5.56 Å². The molecule has 0 aliphatic rings. The van der Waals surface area contributed by atoms with Gasteiger partial charge in [0.15, 0.2) is 0 Å². The van der Waals surface area contributed by atoms with E-state index in [1.165, 1.54) is 0 Å². The second-order valence-corrected chi connectivity index (χ2v) is 4.18. The van der Waals surface area contributed by atoms with Gasteiger partial charge in [-0.1, -0.05) is 29.7 Å². The molecule has 0 atom stereocenters. The van der Waals surface area contributed by atoms with Crippen LogP contribution in [0.4, 0.5) is 0 Å². The van der Waals surface area contributed by atoms with Gasteiger partial charge >= 0.3 is 0 Å². The van der Waals surface area contributed by atoms with Gasteiger partial charge in [0.1, 0.15) is 5.75 Å². The van der Waals surface area contributed by atoms with Crippen LogP contribution in [0.3, 0.4) is 0 Å². The van der Waals surface area contributed by atoms with Crippen LogP contribution in [0.25, 0.3) is 0 Å². The number of methoxy groups -OCH3 is 1. The average molecular weight is 250 g/mol. The van der Waals surface area contributed by atoms with Gasteiger partial charge in [0.05, 0.1) is 7.11 Å². The fourth-order valence-electron chi connectivity index (χ4n) is 1.66. The molecule has 2 aromatic carbocycles. The molecular formula is C17H14O2. The smallest absolute Gasteiger partial charge is 0.236 e. The van der Waals surface area contributed by atoms with Crippen molar-refractivity contribution in [1.82, 2.24) is 0 Å². The van der Waals surface area contributed by atoms with Gasteiger partial charge in [0.25, 0.3) is 0 Å². The van der Waals surface area contributed by atoms with Gasteiger partial charge in [-0.15, -0.1) is 0 Å². The maximum atomic E-state index is 11.9. The highest BCUT2D eigenvalue weighted by atomic mass is 16.5. The summed E-state index contributed by atoms with van der Waals surface area (Å²) >= 11 is 0. The van der Waals surface area contributed by atoms with Gasteiger partial charge < -0.3 is 4.74 Å². The summed E-state index contributed by atoms with van der Waals surface area (Å²) in [5.41, 5.74) is 2.47. The van der Waals surface area contributed by atoms with Crippen LogP contribution in [-0.2, 0) is 0 Å². The molecule has 0 amide bonds. The summed E-state index contributed by atoms with van der Waals surface area (Å²) in [4.78, 5) is 11.9. The van der Waals surface area contributed by atoms with Crippen LogP contribution in [0.1, 0.15) is 21.5 Å². The van der Waals surface area contributed by atoms with Gasteiger partial charge in [-0.3, -0.25) is 4.79 Å². The molecule has 0 aliphatic carbocycles. The number of ketones is 1. The highest BCUT2D eigenvalue weighted by Crippen LogP contribution is 2.10. The van der Waals surface area contributed by atoms with E-state index in [1.807, 2.05) is 49.4 Å². The topological polar surface area (TPSA) is 26.3 Å². The van der Waals surface area contributed by atoms with Crippen molar-refractivity contribution in [2.45, 2.75) is 6.92 Å². The number of carbonyl (C=O) groups excluding carboxylic acids is 1. The third-order valence-electron chi connectivity index (χ3n) is 2.69. The minimum absolute atomic E-state index is 0.167. The largest absolute Gasteiger partial charge is 0.497 e. The van der Waals surface area contributed by atoms with Crippen LogP contribution in [0.15, 0.2) is 48.5 Å². The predicted octanol–water partition coefficient (Wildman–Crippen LogP) is 3.24. The van der Waals surface area contributed by atoms with Crippen LogP contribution in [-0.4, -0.2) is 12.9 Å². The molecule has 0 saturated carbocycles. The Morgan fingerprint density at radius 1 is 1.11 bits per heavy atom. The fourth-order valence-corrected chi connectivity index (χ4v) is 1.66. The third-order valence-corrected chi connectivity index (χ3v) is 2.69. The normalized spacial score (nSPS) is 9.37. The Labute approximate surface area is 113 Å². The quantitative estimate of drug-likeness (QED) is 0.604. The zero-order valence-corrected chi connectivity index (χ0v) is 10.9. The molecule has 0 fully saturated rings. The summed E-state index contributed by atoms with van der Waals surface area (Å²) in [6.45, 7) is 1.95. The fraction of sp³-hybridized carbons (Fsp3) is 0.118. The first kappa shape index (κ1) is 12.9. The first-order valence-electron chi connectivity index (χ1n) is 5.96. The van der Waals surface area contributed by atoms with Crippen molar-refractivity contribution >= 4 is 5.78 Å². The first-order valence-corrected chi connectivity index (χ1v) is 5.96. The molecule has 0 saturated heterocycles. The second kappa shape index (κ2) is 5.88. The van der Waals surface area contributed by atoms with Crippen molar-refractivity contribution in [3.8, 4) is 17.6 Å². The Balaban J connectivity index is 2.16. The van der Waals surface area contributed by atoms with E-state index >= 15 is 0 Å². The number of aryl methyl sites for hydroxylation is 1. The van der Waals surface area contributed by atoms with Crippen molar-refractivity contribution in [3.63, 3.8) is 0 Å². The highest BCUT2D eigenvalue weighted by Gasteiger charge is 2.01. The molecule has 2 aromatic rings. The maximum absolute atomic E-state index is 11.9. The number of hydrogen-bond acceptors (Lipinski definition) is 2. The first-order chi connectivity index (χ1) is 9.19. The van der Waals surface area contributed by atoms with Crippen LogP contribution < -0.4 is 4.74 Å². The van der Waals surface area contributed by atoms with E-state index in [-0.39, 0.29) is 5.78 Å². The van der Waals surface area contributed by atoms with E-state index in [1.54, 1.807) is 13.2 Å². The lowest BCUT2D eigenvalue weighted by molar-refractivity contribution is 0.105. The van der Waals surface area contributed by atoms with Gasteiger partial charge in [-0.05, 0) is 43.2 Å². The molecule has 0 spiro atoms. The molecule has 94 valence electrons. The zero-order chi connectivity index (χ0) is 13.7. The summed E-state index contributed by atoms with van der Waals surface area (Å²) in [5.74, 6) is 6.12. The predicted molar refractivity (Wildman–Crippen MR) is 75.4 cm³/mol. The van der Waals surface area contributed by atoms with Gasteiger partial charge in [-0.2, -0.15) is 0 Å². The third kappa shape index (κ3) is 3.46. The maximum Gasteiger partial charge on any atom is 0.236 e. The van der Waals surface area contributed by atoms with E-state index in [4.69, 9.17) is 4.74 Å². The SMILES string of the molecule is COc1ccc(C#CC(=O)c2cccc(C)c2)cc1. The average Bonchev–Trinajstić information content (AvgIpc) is 2.45. The van der Waals surface area contributed by atoms with E-state index in [0.717, 1.165) is 16.9 Å². The Bertz CT molecular complexity index is 643. The summed E-state index contributed by atoms with van der Waals surface area (Å²) in [5, 5.41) is 0. The summed E-state index contributed by atoms with van der Waals surface area (Å²) in [6, 6.07) is 14.7. The summed E-state index contributed by atoms with van der Waals surface area (Å²) in [7, 11) is 1.61. The molecule has 2 nitrogen and oxygen atoms in total. The van der Waals surface area contributed by atoms with E-state index in [2.05, 4.69) is 11.8 Å². The molecule has 0 heterocycles. The van der Waals surface area contributed by atoms with Crippen LogP contribution in [0.5, 0.6) is 5.75 Å². The second-order valence-electron chi connectivity index (χ2n) is 4.18. The minimum atomic E-state index is -0.167. The number of benzene rings is 2. The van der Waals surface area contributed by atoms with E-state index in [9.17, 15) is 4.79 Å². The Hall–Kier alpha value is -2.53. The number of hydrogen-bond donors (Lipinski definition) is 0. The van der Waals surface area contributed by atoms with Crippen molar-refractivity contribution < 1.29 is 9.53 Å². The van der Waals surface area contributed by atoms with Crippen LogP contribution in [0, 0.1) is 18.8 Å². The number of ether oxygens (including phenoxy) is 1. The molecule has 2 heteroatoms. The van der Waals surface area contributed by atoms with Gasteiger partial charge in [-0.25, -0.2) is 0 Å². The monoisotopic (exact) mass is 250 g/mol. The van der Waals surface area contributed by atoms with Crippen molar-refractivity contribution in [2.75, 3.05) is 7.11 Å². The van der Waals surface area contributed by atoms with Crippen molar-refractivity contribution in [3.05, 3.63) is 65.2 Å². The molecule has 0 radical (unpaired) electrons. The Morgan fingerprint density at radius 3 is 2.47 bits per heavy atom. The standard InChI is InChI=1S/C17H14O2/c1-13-4-3-5-15(12-13)17(18)11-8-14-6-9-16(19-2)10-7-14/h3-7,9-10,12H,1-2H3. The molecule has 0 bridgehead atoms. The molecular weight excluding hydrogens is 236 g/mol. The molecule has 0 N–H and O–H groups in total. The highest BCUT2D eigenvalue weighted by molar-refractivity contribution is 6.09. The summed E-state index contributed by atoms with van der Waals surface area (Å²) in [6.07, 6.45) is 0. The summed E-state index contributed by atoms with van der Waals surface area (Å²) < 4.78 is 5.06. The molecule has 19 heavy (non-hydrogen) atoms. The lowest BCUT2D eigenvalue weighted by Gasteiger charge is -1.97. The van der Waals surface area contributed by atoms with Crippen molar-refractivity contribution in [1.29, 1.82) is 0 Å². The molecule has 0 aromatic heterocycles. The van der Waals surface area contributed by atoms with E-state index < -0.39 is 0 Å². The Morgan fingerprint density at radius 2 is 1.84 bits per heavy atom. The zero-order valence-electron chi connectivity index (χ0n) is 10.9. The number of carbonyl (C=O) groups is 1. The van der Waals surface area contributed by atoms with Crippen molar-refractivity contribution in [2.24, 2.45) is 0 Å².